The number of pyridine rings is 1. The SMILES string of the molecule is Cn1cc(-c2cc(Oc3ccc4nc(N[C@H]5c6ccccc6C[C@H]5O)sc4c3)ccn2)cn1. The number of fused-ring (bicyclic) bond motifs is 2. The van der Waals surface area contributed by atoms with Crippen LogP contribution in [0.15, 0.2) is 73.2 Å². The lowest BCUT2D eigenvalue weighted by molar-refractivity contribution is 0.166. The van der Waals surface area contributed by atoms with E-state index in [0.717, 1.165) is 37.9 Å². The van der Waals surface area contributed by atoms with Gasteiger partial charge in [-0.15, -0.1) is 0 Å². The molecule has 164 valence electrons. The van der Waals surface area contributed by atoms with Crippen molar-refractivity contribution >= 4 is 26.7 Å². The molecule has 6 rings (SSSR count). The molecular formula is C25H21N5O2S. The number of aliphatic hydroxyl groups excluding tert-OH is 1. The van der Waals surface area contributed by atoms with Crippen LogP contribution in [0.1, 0.15) is 17.2 Å². The lowest BCUT2D eigenvalue weighted by Gasteiger charge is -2.16. The highest BCUT2D eigenvalue weighted by Gasteiger charge is 2.31. The molecule has 0 unspecified atom stereocenters. The Hall–Kier alpha value is -3.75. The maximum atomic E-state index is 10.5. The van der Waals surface area contributed by atoms with Gasteiger partial charge in [0.2, 0.25) is 0 Å². The average molecular weight is 456 g/mol. The van der Waals surface area contributed by atoms with E-state index in [-0.39, 0.29) is 6.04 Å². The van der Waals surface area contributed by atoms with E-state index in [1.165, 1.54) is 5.56 Å². The molecule has 0 fully saturated rings. The minimum absolute atomic E-state index is 0.153. The van der Waals surface area contributed by atoms with Crippen molar-refractivity contribution in [2.45, 2.75) is 18.6 Å². The Bertz CT molecular complexity index is 1460. The molecule has 8 heteroatoms. The first-order valence-electron chi connectivity index (χ1n) is 10.7. The second-order valence-corrected chi connectivity index (χ2v) is 9.15. The fourth-order valence-electron chi connectivity index (χ4n) is 4.23. The van der Waals surface area contributed by atoms with Gasteiger partial charge in [-0.05, 0) is 29.3 Å². The molecule has 0 spiro atoms. The Morgan fingerprint density at radius 3 is 2.88 bits per heavy atom. The van der Waals surface area contributed by atoms with Crippen LogP contribution in [0.5, 0.6) is 11.5 Å². The third-order valence-corrected chi connectivity index (χ3v) is 6.76. The van der Waals surface area contributed by atoms with Gasteiger partial charge in [-0.2, -0.15) is 5.10 Å². The number of aliphatic hydroxyl groups is 1. The molecule has 0 radical (unpaired) electrons. The number of hydrogen-bond acceptors (Lipinski definition) is 7. The molecule has 0 saturated carbocycles. The zero-order chi connectivity index (χ0) is 22.4. The molecular weight excluding hydrogens is 434 g/mol. The lowest BCUT2D eigenvalue weighted by atomic mass is 10.1. The molecule has 0 saturated heterocycles. The van der Waals surface area contributed by atoms with Crippen LogP contribution in [0.25, 0.3) is 21.5 Å². The molecule has 0 aliphatic heterocycles. The van der Waals surface area contributed by atoms with E-state index in [1.54, 1.807) is 28.4 Å². The number of benzene rings is 2. The van der Waals surface area contributed by atoms with Crippen molar-refractivity contribution < 1.29 is 9.84 Å². The van der Waals surface area contributed by atoms with Crippen molar-refractivity contribution in [3.05, 3.63) is 84.3 Å². The van der Waals surface area contributed by atoms with E-state index in [0.29, 0.717) is 12.2 Å². The third-order valence-electron chi connectivity index (χ3n) is 5.81. The predicted molar refractivity (Wildman–Crippen MR) is 129 cm³/mol. The molecule has 2 atom stereocenters. The molecule has 2 aromatic carbocycles. The Labute approximate surface area is 194 Å². The Kier molecular flexibility index (Phi) is 4.82. The van der Waals surface area contributed by atoms with Gasteiger partial charge in [0, 0.05) is 43.6 Å². The summed E-state index contributed by atoms with van der Waals surface area (Å²) >= 11 is 1.55. The number of anilines is 1. The highest BCUT2D eigenvalue weighted by Crippen LogP contribution is 2.37. The predicted octanol–water partition coefficient (Wildman–Crippen LogP) is 4.95. The first-order chi connectivity index (χ1) is 16.1. The molecule has 1 aliphatic rings. The Balaban J connectivity index is 1.23. The Morgan fingerprint density at radius 1 is 1.12 bits per heavy atom. The van der Waals surface area contributed by atoms with Crippen molar-refractivity contribution in [3.8, 4) is 22.8 Å². The minimum atomic E-state index is -0.464. The summed E-state index contributed by atoms with van der Waals surface area (Å²) in [6.07, 6.45) is 5.63. The smallest absolute Gasteiger partial charge is 0.184 e. The summed E-state index contributed by atoms with van der Waals surface area (Å²) in [5, 5.41) is 19.0. The molecule has 2 N–H and O–H groups in total. The quantitative estimate of drug-likeness (QED) is 0.390. The highest BCUT2D eigenvalue weighted by atomic mass is 32.1. The van der Waals surface area contributed by atoms with Crippen molar-refractivity contribution in [1.29, 1.82) is 0 Å². The van der Waals surface area contributed by atoms with Crippen molar-refractivity contribution in [2.75, 3.05) is 5.32 Å². The van der Waals surface area contributed by atoms with Gasteiger partial charge in [-0.1, -0.05) is 35.6 Å². The number of nitrogens with zero attached hydrogens (tertiary/aromatic N) is 4. The van der Waals surface area contributed by atoms with Crippen LogP contribution in [0, 0.1) is 0 Å². The van der Waals surface area contributed by atoms with Crippen LogP contribution >= 0.6 is 11.3 Å². The zero-order valence-corrected chi connectivity index (χ0v) is 18.7. The summed E-state index contributed by atoms with van der Waals surface area (Å²) < 4.78 is 8.87. The summed E-state index contributed by atoms with van der Waals surface area (Å²) in [4.78, 5) is 9.13. The van der Waals surface area contributed by atoms with E-state index in [9.17, 15) is 5.11 Å². The van der Waals surface area contributed by atoms with Crippen molar-refractivity contribution in [3.63, 3.8) is 0 Å². The van der Waals surface area contributed by atoms with Gasteiger partial charge in [0.15, 0.2) is 5.13 Å². The number of rotatable bonds is 5. The number of ether oxygens (including phenoxy) is 1. The molecule has 33 heavy (non-hydrogen) atoms. The van der Waals surface area contributed by atoms with Crippen molar-refractivity contribution in [2.24, 2.45) is 7.05 Å². The van der Waals surface area contributed by atoms with Crippen molar-refractivity contribution in [1.82, 2.24) is 19.7 Å². The number of nitrogens with one attached hydrogen (secondary N) is 1. The van der Waals surface area contributed by atoms with Gasteiger partial charge in [0.1, 0.15) is 11.5 Å². The van der Waals surface area contributed by atoms with E-state index >= 15 is 0 Å². The summed E-state index contributed by atoms with van der Waals surface area (Å²) in [6, 6.07) is 17.6. The summed E-state index contributed by atoms with van der Waals surface area (Å²) in [5.41, 5.74) is 4.95. The van der Waals surface area contributed by atoms with E-state index in [2.05, 4.69) is 27.5 Å². The molecule has 7 nitrogen and oxygen atoms in total. The Morgan fingerprint density at radius 2 is 2.00 bits per heavy atom. The fourth-order valence-corrected chi connectivity index (χ4v) is 5.16. The van der Waals surface area contributed by atoms with Gasteiger partial charge >= 0.3 is 0 Å². The maximum absolute atomic E-state index is 10.5. The van der Waals surface area contributed by atoms with Gasteiger partial charge < -0.3 is 15.2 Å². The first-order valence-corrected chi connectivity index (χ1v) is 11.5. The normalized spacial score (nSPS) is 17.3. The summed E-state index contributed by atoms with van der Waals surface area (Å²) in [6.45, 7) is 0. The van der Waals surface area contributed by atoms with E-state index in [1.807, 2.05) is 55.7 Å². The minimum Gasteiger partial charge on any atom is -0.457 e. The zero-order valence-electron chi connectivity index (χ0n) is 17.8. The average Bonchev–Trinajstić information content (AvgIpc) is 3.51. The molecule has 3 aromatic heterocycles. The summed E-state index contributed by atoms with van der Waals surface area (Å²) in [5.74, 6) is 1.43. The molecule has 5 aromatic rings. The summed E-state index contributed by atoms with van der Waals surface area (Å²) in [7, 11) is 1.88. The number of aryl methyl sites for hydroxylation is 1. The second-order valence-electron chi connectivity index (χ2n) is 8.12. The van der Waals surface area contributed by atoms with Crippen LogP contribution in [0.3, 0.4) is 0 Å². The number of aromatic nitrogens is 4. The van der Waals surface area contributed by atoms with E-state index in [4.69, 9.17) is 9.72 Å². The third kappa shape index (κ3) is 3.83. The molecule has 1 aliphatic carbocycles. The van der Waals surface area contributed by atoms with Gasteiger partial charge in [-0.25, -0.2) is 4.98 Å². The lowest BCUT2D eigenvalue weighted by Crippen LogP contribution is -2.20. The van der Waals surface area contributed by atoms with Gasteiger partial charge in [0.25, 0.3) is 0 Å². The second kappa shape index (κ2) is 7.99. The molecule has 0 bridgehead atoms. The van der Waals surface area contributed by atoms with Crippen LogP contribution in [0.4, 0.5) is 5.13 Å². The fraction of sp³-hybridized carbons (Fsp3) is 0.160. The number of thiazole rings is 1. The van der Waals surface area contributed by atoms with Gasteiger partial charge in [0.05, 0.1) is 34.3 Å². The van der Waals surface area contributed by atoms with Crippen LogP contribution in [-0.4, -0.2) is 31.0 Å². The van der Waals surface area contributed by atoms with E-state index < -0.39 is 6.10 Å². The van der Waals surface area contributed by atoms with Crippen LogP contribution in [-0.2, 0) is 13.5 Å². The standard InChI is InChI=1S/C25H21N5O2S/c1-30-14-16(13-27-30)21-11-18(8-9-26-21)32-17-6-7-20-23(12-17)33-25(28-20)29-24-19-5-3-2-4-15(19)10-22(24)31/h2-9,11-14,22,24,31H,10H2,1H3,(H,28,29)/t22-,24+/m1/s1. The number of hydrogen-bond donors (Lipinski definition) is 2. The molecule has 0 amide bonds. The van der Waals surface area contributed by atoms with Crippen LogP contribution in [0.2, 0.25) is 0 Å². The van der Waals surface area contributed by atoms with Crippen LogP contribution < -0.4 is 10.1 Å². The highest BCUT2D eigenvalue weighted by molar-refractivity contribution is 7.22. The molecule has 3 heterocycles. The maximum Gasteiger partial charge on any atom is 0.184 e. The monoisotopic (exact) mass is 455 g/mol. The largest absolute Gasteiger partial charge is 0.457 e. The topological polar surface area (TPSA) is 85.1 Å². The van der Waals surface area contributed by atoms with Gasteiger partial charge in [-0.3, -0.25) is 9.67 Å². The first kappa shape index (κ1) is 19.9.